The molecule has 1 aliphatic heterocycles. The van der Waals surface area contributed by atoms with Crippen LogP contribution in [0.5, 0.6) is 0 Å². The summed E-state index contributed by atoms with van der Waals surface area (Å²) in [6, 6.07) is 0.574. The zero-order valence-electron chi connectivity index (χ0n) is 7.18. The van der Waals surface area contributed by atoms with Crippen molar-refractivity contribution in [2.45, 2.75) is 26.8 Å². The second-order valence-corrected chi connectivity index (χ2v) is 3.01. The van der Waals surface area contributed by atoms with Crippen LogP contribution in [0.4, 0.5) is 0 Å². The number of hydrogen-bond donors (Lipinski definition) is 0. The molecule has 56 valence electrons. The molecule has 1 unspecified atom stereocenters. The molecule has 0 aromatic rings. The van der Waals surface area contributed by atoms with Crippen LogP contribution in [0.25, 0.3) is 0 Å². The topological polar surface area (TPSA) is 3.24 Å². The average Bonchev–Trinajstić information content (AvgIpc) is 1.93. The van der Waals surface area contributed by atoms with Crippen LogP contribution in [-0.4, -0.2) is 18.0 Å². The number of allylic oxidation sites excluding steroid dienone is 3. The van der Waals surface area contributed by atoms with Gasteiger partial charge in [0.25, 0.3) is 0 Å². The van der Waals surface area contributed by atoms with Crippen molar-refractivity contribution >= 4 is 0 Å². The monoisotopic (exact) mass is 137 g/mol. The molecule has 0 aromatic heterocycles. The molecule has 0 aromatic carbocycles. The van der Waals surface area contributed by atoms with Crippen LogP contribution in [0.2, 0.25) is 0 Å². The van der Waals surface area contributed by atoms with E-state index in [1.165, 1.54) is 11.3 Å². The van der Waals surface area contributed by atoms with Crippen molar-refractivity contribution in [2.75, 3.05) is 7.05 Å². The Morgan fingerprint density at radius 3 is 2.40 bits per heavy atom. The summed E-state index contributed by atoms with van der Waals surface area (Å²) in [6.45, 7) is 6.53. The summed E-state index contributed by atoms with van der Waals surface area (Å²) in [6.07, 6.45) is 4.36. The Labute approximate surface area is 63.0 Å². The lowest BCUT2D eigenvalue weighted by Gasteiger charge is -2.31. The van der Waals surface area contributed by atoms with Crippen molar-refractivity contribution in [2.24, 2.45) is 0 Å². The molecule has 0 amide bonds. The Morgan fingerprint density at radius 2 is 1.90 bits per heavy atom. The lowest BCUT2D eigenvalue weighted by atomic mass is 10.1. The molecule has 0 aliphatic carbocycles. The van der Waals surface area contributed by atoms with Gasteiger partial charge in [-0.25, -0.2) is 0 Å². The molecule has 0 spiro atoms. The lowest BCUT2D eigenvalue weighted by Crippen LogP contribution is -2.30. The highest BCUT2D eigenvalue weighted by atomic mass is 15.1. The fourth-order valence-electron chi connectivity index (χ4n) is 1.12. The largest absolute Gasteiger partial charge is 0.372 e. The third-order valence-electron chi connectivity index (χ3n) is 2.38. The van der Waals surface area contributed by atoms with E-state index in [1.54, 1.807) is 0 Å². The van der Waals surface area contributed by atoms with Gasteiger partial charge in [-0.3, -0.25) is 0 Å². The second kappa shape index (κ2) is 2.49. The van der Waals surface area contributed by atoms with E-state index >= 15 is 0 Å². The van der Waals surface area contributed by atoms with Crippen LogP contribution in [0, 0.1) is 0 Å². The molecule has 0 saturated carbocycles. The number of rotatable bonds is 0. The summed E-state index contributed by atoms with van der Waals surface area (Å²) in [5.41, 5.74) is 2.78. The molecule has 1 rings (SSSR count). The molecule has 1 heteroatoms. The minimum atomic E-state index is 0.574. The molecule has 0 bridgehead atoms. The third-order valence-corrected chi connectivity index (χ3v) is 2.38. The van der Waals surface area contributed by atoms with Crippen molar-refractivity contribution in [3.8, 4) is 0 Å². The molecule has 1 nitrogen and oxygen atoms in total. The van der Waals surface area contributed by atoms with E-state index < -0.39 is 0 Å². The van der Waals surface area contributed by atoms with E-state index in [0.717, 1.165) is 0 Å². The SMILES string of the molecule is CC1=CC=C(C)N(C)C1C. The minimum absolute atomic E-state index is 0.574. The maximum absolute atomic E-state index is 2.29. The molecule has 0 saturated heterocycles. The molecule has 1 atom stereocenters. The fourth-order valence-corrected chi connectivity index (χ4v) is 1.12. The highest BCUT2D eigenvalue weighted by Gasteiger charge is 2.13. The average molecular weight is 137 g/mol. The number of hydrogen-bond acceptors (Lipinski definition) is 1. The zero-order chi connectivity index (χ0) is 7.72. The van der Waals surface area contributed by atoms with Gasteiger partial charge in [0.05, 0.1) is 0 Å². The summed E-state index contributed by atoms with van der Waals surface area (Å²) < 4.78 is 0. The van der Waals surface area contributed by atoms with Crippen molar-refractivity contribution < 1.29 is 0 Å². The fraction of sp³-hybridized carbons (Fsp3) is 0.556. The summed E-state index contributed by atoms with van der Waals surface area (Å²) in [5, 5.41) is 0. The third kappa shape index (κ3) is 1.08. The zero-order valence-corrected chi connectivity index (χ0v) is 7.18. The van der Waals surface area contributed by atoms with Gasteiger partial charge in [-0.2, -0.15) is 0 Å². The van der Waals surface area contributed by atoms with E-state index in [4.69, 9.17) is 0 Å². The van der Waals surface area contributed by atoms with Gasteiger partial charge in [-0.1, -0.05) is 11.6 Å². The van der Waals surface area contributed by atoms with E-state index in [0.29, 0.717) is 6.04 Å². The normalized spacial score (nSPS) is 26.0. The first-order valence-electron chi connectivity index (χ1n) is 3.71. The molecule has 0 radical (unpaired) electrons. The molecule has 0 N–H and O–H groups in total. The molecular formula is C9H15N. The smallest absolute Gasteiger partial charge is 0.0468 e. The van der Waals surface area contributed by atoms with Crippen LogP contribution in [0.15, 0.2) is 23.4 Å². The summed E-state index contributed by atoms with van der Waals surface area (Å²) in [5.74, 6) is 0. The van der Waals surface area contributed by atoms with Crippen molar-refractivity contribution in [3.63, 3.8) is 0 Å². The predicted molar refractivity (Wildman–Crippen MR) is 44.7 cm³/mol. The minimum Gasteiger partial charge on any atom is -0.372 e. The van der Waals surface area contributed by atoms with Crippen LogP contribution >= 0.6 is 0 Å². The second-order valence-electron chi connectivity index (χ2n) is 3.01. The van der Waals surface area contributed by atoms with Crippen LogP contribution in [0.1, 0.15) is 20.8 Å². The maximum atomic E-state index is 2.29. The van der Waals surface area contributed by atoms with E-state index in [1.807, 2.05) is 0 Å². The van der Waals surface area contributed by atoms with Gasteiger partial charge in [0.15, 0.2) is 0 Å². The number of nitrogens with zero attached hydrogens (tertiary/aromatic N) is 1. The van der Waals surface area contributed by atoms with Crippen molar-refractivity contribution in [3.05, 3.63) is 23.4 Å². The Balaban J connectivity index is 2.86. The maximum Gasteiger partial charge on any atom is 0.0468 e. The van der Waals surface area contributed by atoms with Gasteiger partial charge in [0, 0.05) is 18.8 Å². The first-order valence-corrected chi connectivity index (χ1v) is 3.71. The van der Waals surface area contributed by atoms with E-state index in [9.17, 15) is 0 Å². The van der Waals surface area contributed by atoms with Gasteiger partial charge in [-0.15, -0.1) is 0 Å². The first-order chi connectivity index (χ1) is 4.63. The molecule has 0 fully saturated rings. The van der Waals surface area contributed by atoms with Crippen molar-refractivity contribution in [1.29, 1.82) is 0 Å². The highest BCUT2D eigenvalue weighted by molar-refractivity contribution is 5.24. The summed E-state index contributed by atoms with van der Waals surface area (Å²) in [4.78, 5) is 2.29. The standard InChI is InChI=1S/C9H15N/c1-7-5-6-8(2)10(4)9(7)3/h5-6,9H,1-4H3. The Morgan fingerprint density at radius 1 is 1.30 bits per heavy atom. The first kappa shape index (κ1) is 7.39. The molecule has 1 heterocycles. The van der Waals surface area contributed by atoms with Gasteiger partial charge in [-0.05, 0) is 26.8 Å². The van der Waals surface area contributed by atoms with E-state index in [-0.39, 0.29) is 0 Å². The van der Waals surface area contributed by atoms with Crippen LogP contribution < -0.4 is 0 Å². The van der Waals surface area contributed by atoms with Crippen LogP contribution in [0.3, 0.4) is 0 Å². The summed E-state index contributed by atoms with van der Waals surface area (Å²) >= 11 is 0. The van der Waals surface area contributed by atoms with Gasteiger partial charge in [0.2, 0.25) is 0 Å². The quantitative estimate of drug-likeness (QED) is 0.494. The van der Waals surface area contributed by atoms with Gasteiger partial charge >= 0.3 is 0 Å². The highest BCUT2D eigenvalue weighted by Crippen LogP contribution is 2.18. The van der Waals surface area contributed by atoms with E-state index in [2.05, 4.69) is 44.9 Å². The number of likely N-dealkylation sites (N-methyl/N-ethyl adjacent to an activating group) is 1. The molecule has 1 aliphatic rings. The lowest BCUT2D eigenvalue weighted by molar-refractivity contribution is 0.354. The van der Waals surface area contributed by atoms with Gasteiger partial charge < -0.3 is 4.90 Å². The van der Waals surface area contributed by atoms with Crippen LogP contribution in [-0.2, 0) is 0 Å². The van der Waals surface area contributed by atoms with Gasteiger partial charge in [0.1, 0.15) is 0 Å². The Kier molecular flexibility index (Phi) is 1.84. The Hall–Kier alpha value is -0.720. The summed E-state index contributed by atoms with van der Waals surface area (Å²) in [7, 11) is 2.13. The molecular weight excluding hydrogens is 122 g/mol. The molecule has 10 heavy (non-hydrogen) atoms. The van der Waals surface area contributed by atoms with Crippen molar-refractivity contribution in [1.82, 2.24) is 4.90 Å². The Bertz CT molecular complexity index is 167. The predicted octanol–water partition coefficient (Wildman–Crippen LogP) is 2.17.